The highest BCUT2D eigenvalue weighted by Crippen LogP contribution is 2.28. The van der Waals surface area contributed by atoms with Crippen LogP contribution in [0.2, 0.25) is 0 Å². The molecule has 0 aliphatic carbocycles. The maximum Gasteiger partial charge on any atom is 0.213 e. The number of hydrogen-bond donors (Lipinski definition) is 0. The van der Waals surface area contributed by atoms with Crippen molar-refractivity contribution in [1.29, 1.82) is 0 Å². The average Bonchev–Trinajstić information content (AvgIpc) is 3.20. The summed E-state index contributed by atoms with van der Waals surface area (Å²) in [5.74, 6) is 0.644. The Balaban J connectivity index is 0.000000306. The standard InChI is InChI=1S/C13H15N3O.C5H10O.C3H9N/c1-17-12-5-4-10-13(15-12)11(6-7-14-10)16-8-2-3-9-16;1-2-3-4-5-6;1-4(2)3/h4-7H,2-3,8-9H2,1H3;5H,2-4H2,1H3;1-3H3. The maximum absolute atomic E-state index is 9.56. The Kier molecular flexibility index (Phi) is 11.0. The number of methoxy groups -OCH3 is 1. The van der Waals surface area contributed by atoms with Crippen molar-refractivity contribution in [3.8, 4) is 5.88 Å². The van der Waals surface area contributed by atoms with Gasteiger partial charge in [0.1, 0.15) is 11.8 Å². The molecule has 1 saturated heterocycles. The molecule has 2 aromatic rings. The van der Waals surface area contributed by atoms with Gasteiger partial charge in [0.05, 0.1) is 18.3 Å². The van der Waals surface area contributed by atoms with Gasteiger partial charge in [0.15, 0.2) is 0 Å². The zero-order valence-electron chi connectivity index (χ0n) is 17.4. The van der Waals surface area contributed by atoms with E-state index in [0.29, 0.717) is 5.88 Å². The fourth-order valence-corrected chi connectivity index (χ4v) is 2.61. The third kappa shape index (κ3) is 8.35. The van der Waals surface area contributed by atoms with Gasteiger partial charge in [0, 0.05) is 31.8 Å². The van der Waals surface area contributed by atoms with Crippen LogP contribution < -0.4 is 9.64 Å². The molecule has 27 heavy (non-hydrogen) atoms. The summed E-state index contributed by atoms with van der Waals surface area (Å²) in [5, 5.41) is 0. The smallest absolute Gasteiger partial charge is 0.213 e. The number of aromatic nitrogens is 2. The molecular weight excluding hydrogens is 340 g/mol. The molecule has 3 rings (SSSR count). The van der Waals surface area contributed by atoms with Crippen LogP contribution in [0.4, 0.5) is 5.69 Å². The first kappa shape index (κ1) is 22.8. The largest absolute Gasteiger partial charge is 0.481 e. The van der Waals surface area contributed by atoms with E-state index in [1.54, 1.807) is 7.11 Å². The number of ether oxygens (including phenoxy) is 1. The molecule has 0 atom stereocenters. The van der Waals surface area contributed by atoms with Gasteiger partial charge in [-0.1, -0.05) is 13.3 Å². The van der Waals surface area contributed by atoms with Crippen molar-refractivity contribution in [2.24, 2.45) is 0 Å². The second-order valence-corrected chi connectivity index (χ2v) is 6.90. The molecule has 2 aromatic heterocycles. The SMILES string of the molecule is CCCCC=O.CN(C)C.COc1ccc2nccc(N3CCCC3)c2n1. The van der Waals surface area contributed by atoms with E-state index in [-0.39, 0.29) is 0 Å². The van der Waals surface area contributed by atoms with Crippen LogP contribution in [-0.2, 0) is 4.79 Å². The van der Waals surface area contributed by atoms with E-state index >= 15 is 0 Å². The number of carbonyl (C=O) groups is 1. The molecular formula is C21H34N4O2. The van der Waals surface area contributed by atoms with Crippen molar-refractivity contribution in [3.05, 3.63) is 24.4 Å². The molecule has 1 aliphatic rings. The summed E-state index contributed by atoms with van der Waals surface area (Å²) in [6.45, 7) is 4.29. The Morgan fingerprint density at radius 3 is 2.37 bits per heavy atom. The van der Waals surface area contributed by atoms with Gasteiger partial charge in [-0.2, -0.15) is 0 Å². The molecule has 6 heteroatoms. The molecule has 150 valence electrons. The average molecular weight is 375 g/mol. The summed E-state index contributed by atoms with van der Waals surface area (Å²) < 4.78 is 5.18. The molecule has 0 N–H and O–H groups in total. The molecule has 0 spiro atoms. The van der Waals surface area contributed by atoms with E-state index in [1.165, 1.54) is 18.5 Å². The summed E-state index contributed by atoms with van der Waals surface area (Å²) in [7, 11) is 7.64. The van der Waals surface area contributed by atoms with Gasteiger partial charge in [-0.3, -0.25) is 4.98 Å². The summed E-state index contributed by atoms with van der Waals surface area (Å²) in [6, 6.07) is 5.85. The van der Waals surface area contributed by atoms with Crippen LogP contribution in [0, 0.1) is 0 Å². The Hall–Kier alpha value is -2.21. The summed E-state index contributed by atoms with van der Waals surface area (Å²) in [5.41, 5.74) is 3.04. The molecule has 0 amide bonds. The third-order valence-electron chi connectivity index (χ3n) is 3.87. The first-order chi connectivity index (χ1) is 13.0. The van der Waals surface area contributed by atoms with Gasteiger partial charge < -0.3 is 19.3 Å². The number of nitrogens with zero attached hydrogens (tertiary/aromatic N) is 4. The van der Waals surface area contributed by atoms with E-state index in [2.05, 4.69) is 21.8 Å². The highest BCUT2D eigenvalue weighted by atomic mass is 16.5. The zero-order chi connectivity index (χ0) is 20.1. The number of unbranched alkanes of at least 4 members (excludes halogenated alkanes) is 2. The van der Waals surface area contributed by atoms with E-state index in [0.717, 1.165) is 49.7 Å². The van der Waals surface area contributed by atoms with Gasteiger partial charge in [0.25, 0.3) is 0 Å². The normalized spacial score (nSPS) is 12.9. The Morgan fingerprint density at radius 1 is 1.19 bits per heavy atom. The van der Waals surface area contributed by atoms with Gasteiger partial charge in [0.2, 0.25) is 5.88 Å². The van der Waals surface area contributed by atoms with Crippen molar-refractivity contribution in [3.63, 3.8) is 0 Å². The number of anilines is 1. The van der Waals surface area contributed by atoms with Crippen molar-refractivity contribution in [1.82, 2.24) is 14.9 Å². The zero-order valence-corrected chi connectivity index (χ0v) is 17.4. The lowest BCUT2D eigenvalue weighted by Crippen LogP contribution is -2.18. The molecule has 0 unspecified atom stereocenters. The number of pyridine rings is 2. The molecule has 3 heterocycles. The van der Waals surface area contributed by atoms with Crippen molar-refractivity contribution >= 4 is 23.0 Å². The number of carbonyl (C=O) groups excluding carboxylic acids is 1. The number of hydrogen-bond acceptors (Lipinski definition) is 6. The van der Waals surface area contributed by atoms with Crippen LogP contribution in [0.5, 0.6) is 5.88 Å². The quantitative estimate of drug-likeness (QED) is 0.586. The van der Waals surface area contributed by atoms with Crippen molar-refractivity contribution in [2.75, 3.05) is 46.2 Å². The Labute approximate surface area is 163 Å². The molecule has 1 fully saturated rings. The van der Waals surface area contributed by atoms with Gasteiger partial charge in [-0.15, -0.1) is 0 Å². The maximum atomic E-state index is 9.56. The highest BCUT2D eigenvalue weighted by Gasteiger charge is 2.16. The monoisotopic (exact) mass is 374 g/mol. The molecule has 0 aromatic carbocycles. The second-order valence-electron chi connectivity index (χ2n) is 6.90. The van der Waals surface area contributed by atoms with Crippen LogP contribution in [-0.4, -0.2) is 62.5 Å². The lowest BCUT2D eigenvalue weighted by Gasteiger charge is -2.18. The summed E-state index contributed by atoms with van der Waals surface area (Å²) >= 11 is 0. The topological polar surface area (TPSA) is 58.6 Å². The van der Waals surface area contributed by atoms with E-state index in [4.69, 9.17) is 4.74 Å². The Morgan fingerprint density at radius 2 is 1.85 bits per heavy atom. The number of fused-ring (bicyclic) bond motifs is 1. The van der Waals surface area contributed by atoms with E-state index in [9.17, 15) is 4.79 Å². The van der Waals surface area contributed by atoms with Crippen molar-refractivity contribution in [2.45, 2.75) is 39.0 Å². The molecule has 0 saturated carbocycles. The molecule has 0 radical (unpaired) electrons. The number of aldehydes is 1. The molecule has 6 nitrogen and oxygen atoms in total. The predicted octanol–water partition coefficient (Wildman–Crippen LogP) is 3.79. The summed E-state index contributed by atoms with van der Waals surface area (Å²) in [6.07, 6.45) is 8.23. The molecule has 0 bridgehead atoms. The first-order valence-electron chi connectivity index (χ1n) is 9.62. The van der Waals surface area contributed by atoms with E-state index in [1.807, 2.05) is 50.4 Å². The van der Waals surface area contributed by atoms with Gasteiger partial charge in [-0.25, -0.2) is 4.98 Å². The van der Waals surface area contributed by atoms with Crippen LogP contribution in [0.1, 0.15) is 39.0 Å². The minimum Gasteiger partial charge on any atom is -0.481 e. The van der Waals surface area contributed by atoms with Gasteiger partial charge in [-0.05, 0) is 52.5 Å². The van der Waals surface area contributed by atoms with Crippen LogP contribution >= 0.6 is 0 Å². The summed E-state index contributed by atoms with van der Waals surface area (Å²) in [4.78, 5) is 22.8. The van der Waals surface area contributed by atoms with Crippen LogP contribution in [0.15, 0.2) is 24.4 Å². The van der Waals surface area contributed by atoms with Crippen LogP contribution in [0.25, 0.3) is 11.0 Å². The lowest BCUT2D eigenvalue weighted by molar-refractivity contribution is -0.107. The van der Waals surface area contributed by atoms with Gasteiger partial charge >= 0.3 is 0 Å². The lowest BCUT2D eigenvalue weighted by atomic mass is 10.2. The highest BCUT2D eigenvalue weighted by molar-refractivity contribution is 5.88. The van der Waals surface area contributed by atoms with Crippen LogP contribution in [0.3, 0.4) is 0 Å². The predicted molar refractivity (Wildman–Crippen MR) is 113 cm³/mol. The van der Waals surface area contributed by atoms with E-state index < -0.39 is 0 Å². The Bertz CT molecular complexity index is 668. The first-order valence-corrected chi connectivity index (χ1v) is 9.62. The third-order valence-corrected chi connectivity index (χ3v) is 3.87. The molecule has 1 aliphatic heterocycles. The van der Waals surface area contributed by atoms with Crippen molar-refractivity contribution < 1.29 is 9.53 Å². The minimum atomic E-state index is 0.644. The fourth-order valence-electron chi connectivity index (χ4n) is 2.61. The number of rotatable bonds is 5. The fraction of sp³-hybridized carbons (Fsp3) is 0.571. The second kappa shape index (κ2) is 13.0. The minimum absolute atomic E-state index is 0.644.